The van der Waals surface area contributed by atoms with Crippen LogP contribution in [0.4, 0.5) is 0 Å². The molecule has 194 valence electrons. The van der Waals surface area contributed by atoms with Gasteiger partial charge in [-0.1, -0.05) is 48.5 Å². The van der Waals surface area contributed by atoms with Crippen LogP contribution in [0.1, 0.15) is 63.0 Å². The van der Waals surface area contributed by atoms with Crippen LogP contribution in [-0.2, 0) is 22.4 Å². The fourth-order valence-corrected chi connectivity index (χ4v) is 8.20. The number of aromatic amines is 1. The van der Waals surface area contributed by atoms with Gasteiger partial charge in [-0.25, -0.2) is 0 Å². The average molecular weight is 498 g/mol. The zero-order chi connectivity index (χ0) is 25.5. The van der Waals surface area contributed by atoms with Gasteiger partial charge < -0.3 is 15.6 Å². The first-order valence-electron chi connectivity index (χ1n) is 14.1. The molecule has 1 atom stereocenters. The molecule has 2 amide bonds. The maximum absolute atomic E-state index is 13.7. The fourth-order valence-electron chi connectivity index (χ4n) is 8.20. The van der Waals surface area contributed by atoms with Crippen molar-refractivity contribution in [3.63, 3.8) is 0 Å². The summed E-state index contributed by atoms with van der Waals surface area (Å²) in [6, 6.07) is 18.3. The summed E-state index contributed by atoms with van der Waals surface area (Å²) in [5, 5.41) is 7.49. The lowest BCUT2D eigenvalue weighted by molar-refractivity contribution is -0.137. The van der Waals surface area contributed by atoms with E-state index in [1.165, 1.54) is 44.1 Å². The lowest BCUT2D eigenvalue weighted by Gasteiger charge is -2.56. The summed E-state index contributed by atoms with van der Waals surface area (Å²) in [7, 11) is 0. The predicted molar refractivity (Wildman–Crippen MR) is 147 cm³/mol. The SMILES string of the molecule is C[C@](Cc1c[nH]c2ccccc12)(NC(=O)CC12CC3CC(CC(C3)C1)C2)C(=O)NCCc1ccccc1. The third-order valence-electron chi connectivity index (χ3n) is 9.38. The Kier molecular flexibility index (Phi) is 6.34. The molecule has 2 aromatic carbocycles. The number of nitrogens with one attached hydrogen (secondary N) is 3. The van der Waals surface area contributed by atoms with Gasteiger partial charge in [-0.15, -0.1) is 0 Å². The number of rotatable bonds is 9. The number of carbonyl (C=O) groups excluding carboxylic acids is 2. The fraction of sp³-hybridized carbons (Fsp3) is 0.500. The van der Waals surface area contributed by atoms with Gasteiger partial charge in [0.05, 0.1) is 0 Å². The summed E-state index contributed by atoms with van der Waals surface area (Å²) >= 11 is 0. The van der Waals surface area contributed by atoms with E-state index in [-0.39, 0.29) is 17.2 Å². The second kappa shape index (κ2) is 9.66. The number of fused-ring (bicyclic) bond motifs is 1. The second-order valence-corrected chi connectivity index (χ2v) is 12.5. The van der Waals surface area contributed by atoms with E-state index in [1.807, 2.05) is 49.5 Å². The Bertz CT molecular complexity index is 1240. The molecule has 1 aromatic heterocycles. The van der Waals surface area contributed by atoms with E-state index in [9.17, 15) is 9.59 Å². The summed E-state index contributed by atoms with van der Waals surface area (Å²) in [6.45, 7) is 2.43. The first-order chi connectivity index (χ1) is 17.9. The maximum atomic E-state index is 13.7. The van der Waals surface area contributed by atoms with Crippen molar-refractivity contribution in [2.75, 3.05) is 6.54 Å². The van der Waals surface area contributed by atoms with Crippen LogP contribution in [0.5, 0.6) is 0 Å². The molecule has 1 heterocycles. The minimum Gasteiger partial charge on any atom is -0.361 e. The topological polar surface area (TPSA) is 74.0 Å². The van der Waals surface area contributed by atoms with Crippen molar-refractivity contribution in [3.8, 4) is 0 Å². The quantitative estimate of drug-likeness (QED) is 0.363. The Morgan fingerprint density at radius 2 is 1.59 bits per heavy atom. The van der Waals surface area contributed by atoms with E-state index in [2.05, 4.69) is 33.8 Å². The Labute approximate surface area is 219 Å². The lowest BCUT2D eigenvalue weighted by Crippen LogP contribution is -2.59. The molecule has 0 saturated heterocycles. The molecule has 0 radical (unpaired) electrons. The van der Waals surface area contributed by atoms with Crippen LogP contribution in [0, 0.1) is 23.2 Å². The van der Waals surface area contributed by atoms with Gasteiger partial charge in [0.25, 0.3) is 0 Å². The first kappa shape index (κ1) is 24.3. The number of amides is 2. The molecule has 4 bridgehead atoms. The van der Waals surface area contributed by atoms with E-state index in [0.29, 0.717) is 19.4 Å². The van der Waals surface area contributed by atoms with Crippen LogP contribution in [0.3, 0.4) is 0 Å². The highest BCUT2D eigenvalue weighted by atomic mass is 16.2. The number of para-hydroxylation sites is 1. The highest BCUT2D eigenvalue weighted by molar-refractivity contribution is 5.93. The molecule has 37 heavy (non-hydrogen) atoms. The van der Waals surface area contributed by atoms with Crippen molar-refractivity contribution in [3.05, 3.63) is 71.9 Å². The maximum Gasteiger partial charge on any atom is 0.245 e. The van der Waals surface area contributed by atoms with Crippen molar-refractivity contribution < 1.29 is 9.59 Å². The minimum atomic E-state index is -1.03. The van der Waals surface area contributed by atoms with Gasteiger partial charge in [-0.3, -0.25) is 9.59 Å². The number of hydrogen-bond donors (Lipinski definition) is 3. The smallest absolute Gasteiger partial charge is 0.245 e. The van der Waals surface area contributed by atoms with Crippen molar-refractivity contribution in [1.29, 1.82) is 0 Å². The van der Waals surface area contributed by atoms with Crippen molar-refractivity contribution in [2.24, 2.45) is 23.2 Å². The number of carbonyl (C=O) groups is 2. The molecule has 0 unspecified atom stereocenters. The summed E-state index contributed by atoms with van der Waals surface area (Å²) in [5.41, 5.74) is 2.40. The number of aromatic nitrogens is 1. The van der Waals surface area contributed by atoms with Crippen LogP contribution >= 0.6 is 0 Å². The summed E-state index contributed by atoms with van der Waals surface area (Å²) in [5.74, 6) is 2.32. The molecular formula is C32H39N3O2. The van der Waals surface area contributed by atoms with Crippen molar-refractivity contribution >= 4 is 22.7 Å². The highest BCUT2D eigenvalue weighted by Crippen LogP contribution is 2.61. The third-order valence-corrected chi connectivity index (χ3v) is 9.38. The van der Waals surface area contributed by atoms with Gasteiger partial charge in [0.15, 0.2) is 0 Å². The van der Waals surface area contributed by atoms with E-state index in [1.54, 1.807) is 0 Å². The average Bonchev–Trinajstić information content (AvgIpc) is 3.25. The van der Waals surface area contributed by atoms with Gasteiger partial charge in [-0.05, 0) is 92.2 Å². The molecule has 4 saturated carbocycles. The first-order valence-corrected chi connectivity index (χ1v) is 14.1. The molecule has 0 spiro atoms. The zero-order valence-corrected chi connectivity index (χ0v) is 21.9. The van der Waals surface area contributed by atoms with E-state index < -0.39 is 5.54 Å². The van der Waals surface area contributed by atoms with Gasteiger partial charge in [0, 0.05) is 36.5 Å². The van der Waals surface area contributed by atoms with E-state index in [0.717, 1.165) is 40.6 Å². The van der Waals surface area contributed by atoms with Gasteiger partial charge >= 0.3 is 0 Å². The van der Waals surface area contributed by atoms with Crippen LogP contribution in [0.15, 0.2) is 60.8 Å². The van der Waals surface area contributed by atoms with Crippen LogP contribution in [-0.4, -0.2) is 28.9 Å². The number of hydrogen-bond acceptors (Lipinski definition) is 2. The Hall–Kier alpha value is -3.08. The summed E-state index contributed by atoms with van der Waals surface area (Å²) in [4.78, 5) is 30.6. The zero-order valence-electron chi connectivity index (χ0n) is 21.9. The molecule has 4 aliphatic carbocycles. The minimum absolute atomic E-state index is 0.0301. The number of benzene rings is 2. The third kappa shape index (κ3) is 5.05. The summed E-state index contributed by atoms with van der Waals surface area (Å²) < 4.78 is 0. The molecule has 5 nitrogen and oxygen atoms in total. The van der Waals surface area contributed by atoms with Crippen LogP contribution in [0.2, 0.25) is 0 Å². The van der Waals surface area contributed by atoms with E-state index >= 15 is 0 Å². The lowest BCUT2D eigenvalue weighted by atomic mass is 9.49. The normalized spacial score (nSPS) is 27.6. The van der Waals surface area contributed by atoms with Gasteiger partial charge in [0.2, 0.25) is 11.8 Å². The van der Waals surface area contributed by atoms with Crippen LogP contribution < -0.4 is 10.6 Å². The highest BCUT2D eigenvalue weighted by Gasteiger charge is 2.52. The molecule has 5 heteroatoms. The van der Waals surface area contributed by atoms with Gasteiger partial charge in [-0.2, -0.15) is 0 Å². The molecule has 3 N–H and O–H groups in total. The molecule has 0 aliphatic heterocycles. The largest absolute Gasteiger partial charge is 0.361 e. The van der Waals surface area contributed by atoms with Gasteiger partial charge in [0.1, 0.15) is 5.54 Å². The number of H-pyrrole nitrogens is 1. The van der Waals surface area contributed by atoms with E-state index in [4.69, 9.17) is 0 Å². The standard InChI is InChI=1S/C32H39N3O2/c1-31(19-26-21-34-28-10-6-5-9-27(26)28,30(37)33-12-11-22-7-3-2-4-8-22)35-29(36)20-32-16-23-13-24(17-32)15-25(14-23)18-32/h2-10,21,23-25,34H,11-20H2,1H3,(H,33,37)(H,35,36)/t23?,24?,25?,31-,32?/m1/s1. The van der Waals surface area contributed by atoms with Crippen molar-refractivity contribution in [2.45, 2.75) is 70.3 Å². The summed E-state index contributed by atoms with van der Waals surface area (Å²) in [6.07, 6.45) is 11.4. The Balaban J connectivity index is 1.19. The Morgan fingerprint density at radius 3 is 2.30 bits per heavy atom. The second-order valence-electron chi connectivity index (χ2n) is 12.5. The molecule has 4 fully saturated rings. The predicted octanol–water partition coefficient (Wildman–Crippen LogP) is 5.55. The van der Waals surface area contributed by atoms with Crippen molar-refractivity contribution in [1.82, 2.24) is 15.6 Å². The van der Waals surface area contributed by atoms with Crippen LogP contribution in [0.25, 0.3) is 10.9 Å². The Morgan fingerprint density at radius 1 is 0.946 bits per heavy atom. The molecular weight excluding hydrogens is 458 g/mol. The molecule has 3 aromatic rings. The molecule has 4 aliphatic rings. The molecule has 7 rings (SSSR count). The monoisotopic (exact) mass is 497 g/mol.